The zero-order chi connectivity index (χ0) is 20.5. The van der Waals surface area contributed by atoms with E-state index in [0.717, 1.165) is 71.0 Å². The molecule has 0 aromatic rings. The quantitative estimate of drug-likeness (QED) is 0.350. The molecule has 0 bridgehead atoms. The van der Waals surface area contributed by atoms with Gasteiger partial charge in [-0.2, -0.15) is 0 Å². The van der Waals surface area contributed by atoms with Gasteiger partial charge in [0.2, 0.25) is 5.91 Å². The Morgan fingerprint density at radius 1 is 1.14 bits per heavy atom. The smallest absolute Gasteiger partial charge is 0.225 e. The highest BCUT2D eigenvalue weighted by atomic mass is 16.5. The summed E-state index contributed by atoms with van der Waals surface area (Å²) in [6.45, 7) is 9.23. The van der Waals surface area contributed by atoms with Crippen LogP contribution in [0.4, 0.5) is 0 Å². The van der Waals surface area contributed by atoms with Crippen LogP contribution in [-0.4, -0.2) is 62.2 Å². The monoisotopic (exact) mass is 406 g/mol. The minimum absolute atomic E-state index is 0.281. The van der Waals surface area contributed by atoms with Crippen LogP contribution in [0.5, 0.6) is 0 Å². The average molecular weight is 407 g/mol. The molecule has 3 rings (SSSR count). The maximum Gasteiger partial charge on any atom is 0.225 e. The maximum atomic E-state index is 12.7. The van der Waals surface area contributed by atoms with Crippen molar-refractivity contribution in [1.29, 1.82) is 0 Å². The van der Waals surface area contributed by atoms with Gasteiger partial charge in [-0.15, -0.1) is 0 Å². The van der Waals surface area contributed by atoms with Gasteiger partial charge in [-0.1, -0.05) is 25.7 Å². The van der Waals surface area contributed by atoms with Crippen molar-refractivity contribution < 1.29 is 9.53 Å². The molecule has 2 N–H and O–H groups in total. The lowest BCUT2D eigenvalue weighted by Gasteiger charge is -2.28. The predicted octanol–water partition coefficient (Wildman–Crippen LogP) is 3.32. The lowest BCUT2D eigenvalue weighted by atomic mass is 9.83. The van der Waals surface area contributed by atoms with Gasteiger partial charge in [0.25, 0.3) is 0 Å². The topological polar surface area (TPSA) is 66.0 Å². The van der Waals surface area contributed by atoms with Crippen molar-refractivity contribution in [1.82, 2.24) is 15.5 Å². The third-order valence-electron chi connectivity index (χ3n) is 7.11. The third-order valence-corrected chi connectivity index (χ3v) is 7.11. The van der Waals surface area contributed by atoms with Crippen LogP contribution < -0.4 is 10.6 Å². The van der Waals surface area contributed by atoms with Gasteiger partial charge in [-0.3, -0.25) is 9.79 Å². The normalized spacial score (nSPS) is 25.0. The first kappa shape index (κ1) is 22.4. The van der Waals surface area contributed by atoms with E-state index < -0.39 is 0 Å². The molecule has 0 aromatic carbocycles. The van der Waals surface area contributed by atoms with Crippen molar-refractivity contribution in [3.05, 3.63) is 0 Å². The summed E-state index contributed by atoms with van der Waals surface area (Å²) in [7, 11) is 0. The SMILES string of the molecule is CCNC(=NCC1(CCOCC)CCCC1)NC1CCN(C(=O)C2CCCC2)C1. The molecule has 3 aliphatic rings. The number of hydrogen-bond acceptors (Lipinski definition) is 3. The number of guanidine groups is 1. The van der Waals surface area contributed by atoms with Crippen LogP contribution in [-0.2, 0) is 9.53 Å². The number of hydrogen-bond donors (Lipinski definition) is 2. The van der Waals surface area contributed by atoms with Gasteiger partial charge in [-0.25, -0.2) is 0 Å². The predicted molar refractivity (Wildman–Crippen MR) is 118 cm³/mol. The van der Waals surface area contributed by atoms with Crippen molar-refractivity contribution in [3.8, 4) is 0 Å². The van der Waals surface area contributed by atoms with E-state index in [0.29, 0.717) is 17.4 Å². The second-order valence-corrected chi connectivity index (χ2v) is 9.24. The van der Waals surface area contributed by atoms with Crippen molar-refractivity contribution in [2.24, 2.45) is 16.3 Å². The second-order valence-electron chi connectivity index (χ2n) is 9.24. The van der Waals surface area contributed by atoms with Crippen LogP contribution >= 0.6 is 0 Å². The van der Waals surface area contributed by atoms with Crippen molar-refractivity contribution in [2.75, 3.05) is 39.4 Å². The minimum atomic E-state index is 0.281. The van der Waals surface area contributed by atoms with Crippen molar-refractivity contribution >= 4 is 11.9 Å². The largest absolute Gasteiger partial charge is 0.382 e. The van der Waals surface area contributed by atoms with Gasteiger partial charge in [-0.05, 0) is 57.8 Å². The highest BCUT2D eigenvalue weighted by molar-refractivity contribution is 5.81. The molecule has 1 atom stereocenters. The number of carbonyl (C=O) groups is 1. The Morgan fingerprint density at radius 2 is 1.90 bits per heavy atom. The number of amides is 1. The summed E-state index contributed by atoms with van der Waals surface area (Å²) in [6.07, 6.45) is 11.9. The van der Waals surface area contributed by atoms with E-state index in [1.807, 2.05) is 0 Å². The Balaban J connectivity index is 1.53. The summed E-state index contributed by atoms with van der Waals surface area (Å²) in [4.78, 5) is 19.8. The molecule has 29 heavy (non-hydrogen) atoms. The molecule has 2 aliphatic carbocycles. The highest BCUT2D eigenvalue weighted by Gasteiger charge is 2.34. The van der Waals surface area contributed by atoms with E-state index in [2.05, 4.69) is 29.4 Å². The third kappa shape index (κ3) is 6.34. The molecule has 1 saturated heterocycles. The van der Waals surface area contributed by atoms with Gasteiger partial charge < -0.3 is 20.3 Å². The van der Waals surface area contributed by atoms with E-state index in [-0.39, 0.29) is 5.92 Å². The summed E-state index contributed by atoms with van der Waals surface area (Å²) in [6, 6.07) is 0.307. The Morgan fingerprint density at radius 3 is 2.59 bits per heavy atom. The average Bonchev–Trinajstić information content (AvgIpc) is 3.48. The van der Waals surface area contributed by atoms with Gasteiger partial charge in [0.05, 0.1) is 0 Å². The van der Waals surface area contributed by atoms with Crippen molar-refractivity contribution in [3.63, 3.8) is 0 Å². The van der Waals surface area contributed by atoms with Crippen LogP contribution in [0.25, 0.3) is 0 Å². The molecule has 1 heterocycles. The molecule has 1 unspecified atom stereocenters. The zero-order valence-electron chi connectivity index (χ0n) is 18.7. The molecule has 166 valence electrons. The number of ether oxygens (including phenoxy) is 1. The Bertz CT molecular complexity index is 539. The maximum absolute atomic E-state index is 12.7. The van der Waals surface area contributed by atoms with Crippen LogP contribution in [0.3, 0.4) is 0 Å². The molecule has 0 radical (unpaired) electrons. The Kier molecular flexibility index (Phi) is 8.64. The van der Waals surface area contributed by atoms with Gasteiger partial charge >= 0.3 is 0 Å². The van der Waals surface area contributed by atoms with Crippen LogP contribution in [0.15, 0.2) is 4.99 Å². The highest BCUT2D eigenvalue weighted by Crippen LogP contribution is 2.41. The molecule has 0 aromatic heterocycles. The Labute approximate surface area is 177 Å². The van der Waals surface area contributed by atoms with Gasteiger partial charge in [0.1, 0.15) is 0 Å². The summed E-state index contributed by atoms with van der Waals surface area (Å²) in [5, 5.41) is 7.04. The fourth-order valence-electron chi connectivity index (χ4n) is 5.31. The molecule has 2 saturated carbocycles. The standard InChI is InChI=1S/C23H42N4O2/c1-3-24-22(25-18-23(12-7-8-13-23)14-16-29-4-2)26-20-11-15-27(17-20)21(28)19-9-5-6-10-19/h19-20H,3-18H2,1-2H3,(H2,24,25,26). The molecule has 6 heteroatoms. The molecule has 3 fully saturated rings. The molecule has 6 nitrogen and oxygen atoms in total. The van der Waals surface area contributed by atoms with Crippen LogP contribution in [0.2, 0.25) is 0 Å². The first-order valence-electron chi connectivity index (χ1n) is 12.1. The lowest BCUT2D eigenvalue weighted by molar-refractivity contribution is -0.134. The molecule has 1 amide bonds. The van der Waals surface area contributed by atoms with E-state index in [4.69, 9.17) is 9.73 Å². The second kappa shape index (κ2) is 11.2. The fourth-order valence-corrected chi connectivity index (χ4v) is 5.31. The summed E-state index contributed by atoms with van der Waals surface area (Å²) < 4.78 is 5.64. The summed E-state index contributed by atoms with van der Waals surface area (Å²) in [5.41, 5.74) is 0.303. The number of rotatable bonds is 9. The fraction of sp³-hybridized carbons (Fsp3) is 0.913. The van der Waals surface area contributed by atoms with Crippen LogP contribution in [0, 0.1) is 11.3 Å². The Hall–Kier alpha value is -1.30. The molecular formula is C23H42N4O2. The van der Waals surface area contributed by atoms with Crippen molar-refractivity contribution in [2.45, 2.75) is 84.1 Å². The summed E-state index contributed by atoms with van der Waals surface area (Å²) >= 11 is 0. The van der Waals surface area contributed by atoms with E-state index in [9.17, 15) is 4.79 Å². The molecular weight excluding hydrogens is 364 g/mol. The van der Waals surface area contributed by atoms with E-state index in [1.54, 1.807) is 0 Å². The van der Waals surface area contributed by atoms with Gasteiger partial charge in [0.15, 0.2) is 5.96 Å². The summed E-state index contributed by atoms with van der Waals surface area (Å²) in [5.74, 6) is 1.58. The van der Waals surface area contributed by atoms with Gasteiger partial charge in [0, 0.05) is 51.4 Å². The zero-order valence-corrected chi connectivity index (χ0v) is 18.7. The number of aliphatic imine (C=N–C) groups is 1. The van der Waals surface area contributed by atoms with Crippen LogP contribution in [0.1, 0.15) is 78.1 Å². The number of nitrogens with zero attached hydrogens (tertiary/aromatic N) is 2. The lowest BCUT2D eigenvalue weighted by Crippen LogP contribution is -2.46. The number of carbonyl (C=O) groups excluding carboxylic acids is 1. The molecule has 1 aliphatic heterocycles. The first-order chi connectivity index (χ1) is 14.2. The number of likely N-dealkylation sites (tertiary alicyclic amines) is 1. The van der Waals surface area contributed by atoms with E-state index in [1.165, 1.54) is 38.5 Å². The minimum Gasteiger partial charge on any atom is -0.382 e. The number of nitrogens with one attached hydrogen (secondary N) is 2. The van der Waals surface area contributed by atoms with E-state index >= 15 is 0 Å². The first-order valence-corrected chi connectivity index (χ1v) is 12.1. The molecule has 0 spiro atoms.